The van der Waals surface area contributed by atoms with Crippen LogP contribution in [0.3, 0.4) is 0 Å². The lowest BCUT2D eigenvalue weighted by molar-refractivity contribution is -0.137. The number of carboxylic acid groups (broad SMARTS) is 1. The molecule has 0 aliphatic heterocycles. The molecule has 1 saturated carbocycles. The summed E-state index contributed by atoms with van der Waals surface area (Å²) in [5.74, 6) is -3.28. The maximum atomic E-state index is 13.5. The number of hydrogen-bond donors (Lipinski definition) is 1. The van der Waals surface area contributed by atoms with E-state index in [0.717, 1.165) is 35.9 Å². The minimum Gasteiger partial charge on any atom is -0.480 e. The van der Waals surface area contributed by atoms with Crippen molar-refractivity contribution in [2.24, 2.45) is 5.92 Å². The van der Waals surface area contributed by atoms with E-state index in [4.69, 9.17) is 5.11 Å². The van der Waals surface area contributed by atoms with Crippen molar-refractivity contribution in [3.8, 4) is 0 Å². The Morgan fingerprint density at radius 1 is 1.32 bits per heavy atom. The summed E-state index contributed by atoms with van der Waals surface area (Å²) in [6, 6.07) is 2.56. The molecule has 1 fully saturated rings. The normalized spacial score (nSPS) is 14.2. The molecule has 2 rings (SSSR count). The van der Waals surface area contributed by atoms with E-state index >= 15 is 0 Å². The quantitative estimate of drug-likeness (QED) is 0.888. The first-order valence-corrected chi connectivity index (χ1v) is 5.93. The first kappa shape index (κ1) is 13.5. The lowest BCUT2D eigenvalue weighted by atomic mass is 10.1. The van der Waals surface area contributed by atoms with E-state index < -0.39 is 35.6 Å². The Morgan fingerprint density at radius 2 is 2.00 bits per heavy atom. The Kier molecular flexibility index (Phi) is 3.78. The van der Waals surface area contributed by atoms with Crippen LogP contribution in [-0.2, 0) is 4.79 Å². The molecule has 0 unspecified atom stereocenters. The van der Waals surface area contributed by atoms with Crippen molar-refractivity contribution in [2.75, 3.05) is 13.1 Å². The Morgan fingerprint density at radius 3 is 2.58 bits per heavy atom. The summed E-state index contributed by atoms with van der Waals surface area (Å²) >= 11 is 0. The molecule has 0 bridgehead atoms. The van der Waals surface area contributed by atoms with Crippen LogP contribution in [0.2, 0.25) is 0 Å². The fraction of sp³-hybridized carbons (Fsp3) is 0.385. The standard InChI is InChI=1S/C13H13F2NO3/c14-9-3-4-11(15)10(5-9)13(19)16(7-12(17)18)6-8-1-2-8/h3-5,8H,1-2,6-7H2,(H,17,18). The second-order valence-electron chi connectivity index (χ2n) is 4.65. The fourth-order valence-electron chi connectivity index (χ4n) is 1.83. The van der Waals surface area contributed by atoms with Gasteiger partial charge >= 0.3 is 5.97 Å². The van der Waals surface area contributed by atoms with Gasteiger partial charge in [-0.15, -0.1) is 0 Å². The number of carbonyl (C=O) groups is 2. The average Bonchev–Trinajstić information content (AvgIpc) is 3.14. The number of amides is 1. The first-order valence-electron chi connectivity index (χ1n) is 5.93. The van der Waals surface area contributed by atoms with Crippen molar-refractivity contribution in [3.05, 3.63) is 35.4 Å². The molecule has 1 aliphatic rings. The summed E-state index contributed by atoms with van der Waals surface area (Å²) in [6.45, 7) is -0.244. The highest BCUT2D eigenvalue weighted by molar-refractivity contribution is 5.96. The summed E-state index contributed by atoms with van der Waals surface area (Å²) in [6.07, 6.45) is 1.85. The van der Waals surface area contributed by atoms with Crippen LogP contribution in [0.5, 0.6) is 0 Å². The summed E-state index contributed by atoms with van der Waals surface area (Å²) in [7, 11) is 0. The number of carbonyl (C=O) groups excluding carboxylic acids is 1. The predicted octanol–water partition coefficient (Wildman–Crippen LogP) is 1.90. The first-order chi connectivity index (χ1) is 8.97. The van der Waals surface area contributed by atoms with Crippen LogP contribution in [0.4, 0.5) is 8.78 Å². The monoisotopic (exact) mass is 269 g/mol. The van der Waals surface area contributed by atoms with Crippen molar-refractivity contribution in [2.45, 2.75) is 12.8 Å². The third kappa shape index (κ3) is 3.49. The molecule has 0 radical (unpaired) electrons. The SMILES string of the molecule is O=C(O)CN(CC1CC1)C(=O)c1cc(F)ccc1F. The predicted molar refractivity (Wildman–Crippen MR) is 62.6 cm³/mol. The van der Waals surface area contributed by atoms with E-state index in [1.54, 1.807) is 0 Å². The van der Waals surface area contributed by atoms with Crippen molar-refractivity contribution in [1.82, 2.24) is 4.90 Å². The molecule has 1 amide bonds. The van der Waals surface area contributed by atoms with Gasteiger partial charge < -0.3 is 10.0 Å². The van der Waals surface area contributed by atoms with Gasteiger partial charge in [-0.2, -0.15) is 0 Å². The summed E-state index contributed by atoms with van der Waals surface area (Å²) in [4.78, 5) is 23.9. The number of benzene rings is 1. The van der Waals surface area contributed by atoms with Crippen LogP contribution >= 0.6 is 0 Å². The number of aliphatic carboxylic acids is 1. The lowest BCUT2D eigenvalue weighted by Crippen LogP contribution is -2.37. The van der Waals surface area contributed by atoms with Gasteiger partial charge in [0.05, 0.1) is 5.56 Å². The molecule has 19 heavy (non-hydrogen) atoms. The molecule has 4 nitrogen and oxygen atoms in total. The van der Waals surface area contributed by atoms with Crippen molar-refractivity contribution in [1.29, 1.82) is 0 Å². The molecule has 1 aromatic rings. The van der Waals surface area contributed by atoms with Crippen LogP contribution in [0.25, 0.3) is 0 Å². The maximum Gasteiger partial charge on any atom is 0.323 e. The topological polar surface area (TPSA) is 57.6 Å². The molecular formula is C13H13F2NO3. The van der Waals surface area contributed by atoms with E-state index in [2.05, 4.69) is 0 Å². The van der Waals surface area contributed by atoms with Gasteiger partial charge in [0.2, 0.25) is 0 Å². The third-order valence-corrected chi connectivity index (χ3v) is 2.95. The summed E-state index contributed by atoms with van der Waals surface area (Å²) in [5, 5.41) is 8.78. The van der Waals surface area contributed by atoms with Crippen molar-refractivity contribution in [3.63, 3.8) is 0 Å². The van der Waals surface area contributed by atoms with Crippen LogP contribution in [0.15, 0.2) is 18.2 Å². The molecule has 1 aromatic carbocycles. The number of nitrogens with zero attached hydrogens (tertiary/aromatic N) is 1. The van der Waals surface area contributed by atoms with Crippen LogP contribution < -0.4 is 0 Å². The highest BCUT2D eigenvalue weighted by atomic mass is 19.1. The highest BCUT2D eigenvalue weighted by Gasteiger charge is 2.29. The summed E-state index contributed by atoms with van der Waals surface area (Å²) in [5.41, 5.74) is -0.429. The number of rotatable bonds is 5. The molecule has 0 atom stereocenters. The number of carboxylic acids is 1. The van der Waals surface area contributed by atoms with Gasteiger partial charge in [-0.3, -0.25) is 9.59 Å². The molecule has 102 valence electrons. The molecule has 0 saturated heterocycles. The van der Waals surface area contributed by atoms with E-state index in [1.807, 2.05) is 0 Å². The van der Waals surface area contributed by atoms with Crippen LogP contribution in [-0.4, -0.2) is 35.0 Å². The zero-order valence-electron chi connectivity index (χ0n) is 10.1. The van der Waals surface area contributed by atoms with E-state index in [9.17, 15) is 18.4 Å². The van der Waals surface area contributed by atoms with Gasteiger partial charge in [-0.1, -0.05) is 0 Å². The van der Waals surface area contributed by atoms with E-state index in [1.165, 1.54) is 0 Å². The number of halogens is 2. The highest BCUT2D eigenvalue weighted by Crippen LogP contribution is 2.30. The van der Waals surface area contributed by atoms with Gasteiger partial charge in [-0.05, 0) is 37.0 Å². The van der Waals surface area contributed by atoms with Gasteiger partial charge in [0.1, 0.15) is 18.2 Å². The Balaban J connectivity index is 2.21. The molecule has 0 aromatic heterocycles. The summed E-state index contributed by atoms with van der Waals surface area (Å²) < 4.78 is 26.6. The fourth-order valence-corrected chi connectivity index (χ4v) is 1.83. The smallest absolute Gasteiger partial charge is 0.323 e. The third-order valence-electron chi connectivity index (χ3n) is 2.95. The Hall–Kier alpha value is -1.98. The largest absolute Gasteiger partial charge is 0.480 e. The minimum atomic E-state index is -1.18. The van der Waals surface area contributed by atoms with Crippen molar-refractivity contribution >= 4 is 11.9 Å². The van der Waals surface area contributed by atoms with Gasteiger partial charge in [0, 0.05) is 6.54 Å². The number of hydrogen-bond acceptors (Lipinski definition) is 2. The van der Waals surface area contributed by atoms with Gasteiger partial charge in [0.15, 0.2) is 0 Å². The van der Waals surface area contributed by atoms with Crippen LogP contribution in [0.1, 0.15) is 23.2 Å². The Labute approximate surface area is 108 Å². The molecule has 0 heterocycles. The van der Waals surface area contributed by atoms with E-state index in [-0.39, 0.29) is 12.5 Å². The zero-order chi connectivity index (χ0) is 14.0. The van der Waals surface area contributed by atoms with Crippen LogP contribution in [0, 0.1) is 17.6 Å². The molecule has 0 spiro atoms. The van der Waals surface area contributed by atoms with Gasteiger partial charge in [-0.25, -0.2) is 8.78 Å². The minimum absolute atomic E-state index is 0.264. The Bertz CT molecular complexity index is 515. The van der Waals surface area contributed by atoms with E-state index in [0.29, 0.717) is 0 Å². The molecular weight excluding hydrogens is 256 g/mol. The second-order valence-corrected chi connectivity index (χ2v) is 4.65. The van der Waals surface area contributed by atoms with Crippen molar-refractivity contribution < 1.29 is 23.5 Å². The van der Waals surface area contributed by atoms with Gasteiger partial charge in [0.25, 0.3) is 5.91 Å². The maximum absolute atomic E-state index is 13.5. The lowest BCUT2D eigenvalue weighted by Gasteiger charge is -2.20. The molecule has 6 heteroatoms. The molecule has 1 aliphatic carbocycles. The second kappa shape index (κ2) is 5.34. The zero-order valence-corrected chi connectivity index (χ0v) is 10.1. The molecule has 1 N–H and O–H groups in total. The average molecular weight is 269 g/mol.